The molecule has 0 saturated carbocycles. The van der Waals surface area contributed by atoms with E-state index in [1.807, 2.05) is 24.3 Å². The molecule has 3 rings (SSSR count). The molecule has 0 unspecified atom stereocenters. The molecule has 0 atom stereocenters. The normalized spacial score (nSPS) is 11.2. The third kappa shape index (κ3) is 3.99. The number of carbonyl (C=O) groups is 1. The van der Waals surface area contributed by atoms with Crippen molar-refractivity contribution in [1.82, 2.24) is 14.8 Å². The van der Waals surface area contributed by atoms with Gasteiger partial charge < -0.3 is 4.74 Å². The number of carbonyl (C=O) groups excluding carboxylic acids is 1. The Balaban J connectivity index is 1.93. The molecule has 1 aromatic carbocycles. The van der Waals surface area contributed by atoms with Crippen LogP contribution in [0, 0.1) is 5.92 Å². The summed E-state index contributed by atoms with van der Waals surface area (Å²) in [6.07, 6.45) is 3.30. The summed E-state index contributed by atoms with van der Waals surface area (Å²) in [7, 11) is 0. The zero-order valence-corrected chi connectivity index (χ0v) is 15.2. The molecule has 130 valence electrons. The molecule has 2 heterocycles. The standard InChI is InChI=1S/C19H20ClN3O2/c1-12(2)11-25-18-5-4-17(20)7-16(18)10-23-19-15(9-22-23)6-14(8-21-19)13(3)24/h4-9,12H,10-11H2,1-3H3. The number of pyridine rings is 1. The number of aromatic nitrogens is 3. The van der Waals surface area contributed by atoms with Crippen LogP contribution in [-0.4, -0.2) is 27.2 Å². The molecule has 0 amide bonds. The van der Waals surface area contributed by atoms with Gasteiger partial charge in [-0.1, -0.05) is 25.4 Å². The second-order valence-corrected chi connectivity index (χ2v) is 6.89. The SMILES string of the molecule is CC(=O)c1cnc2c(cnn2Cc2cc(Cl)ccc2OCC(C)C)c1. The van der Waals surface area contributed by atoms with Crippen LogP contribution < -0.4 is 4.74 Å². The molecule has 0 aliphatic heterocycles. The van der Waals surface area contributed by atoms with E-state index in [1.54, 1.807) is 17.1 Å². The van der Waals surface area contributed by atoms with Gasteiger partial charge in [0.25, 0.3) is 0 Å². The summed E-state index contributed by atoms with van der Waals surface area (Å²) in [4.78, 5) is 15.9. The van der Waals surface area contributed by atoms with E-state index in [0.717, 1.165) is 22.3 Å². The molecule has 0 N–H and O–H groups in total. The molecule has 5 nitrogen and oxygen atoms in total. The van der Waals surface area contributed by atoms with Gasteiger partial charge in [0.1, 0.15) is 5.75 Å². The summed E-state index contributed by atoms with van der Waals surface area (Å²) >= 11 is 6.16. The zero-order chi connectivity index (χ0) is 18.0. The van der Waals surface area contributed by atoms with Gasteiger partial charge in [0.05, 0.1) is 19.3 Å². The maximum atomic E-state index is 11.5. The third-order valence-electron chi connectivity index (χ3n) is 3.80. The number of ketones is 1. The summed E-state index contributed by atoms with van der Waals surface area (Å²) in [6, 6.07) is 7.39. The van der Waals surface area contributed by atoms with Crippen LogP contribution in [0.5, 0.6) is 5.75 Å². The van der Waals surface area contributed by atoms with Crippen molar-refractivity contribution in [3.05, 3.63) is 52.8 Å². The van der Waals surface area contributed by atoms with Gasteiger partial charge in [-0.25, -0.2) is 9.67 Å². The lowest BCUT2D eigenvalue weighted by molar-refractivity contribution is 0.101. The maximum absolute atomic E-state index is 11.5. The first-order valence-electron chi connectivity index (χ1n) is 8.17. The van der Waals surface area contributed by atoms with Crippen LogP contribution in [-0.2, 0) is 6.54 Å². The van der Waals surface area contributed by atoms with Crippen molar-refractivity contribution >= 4 is 28.4 Å². The summed E-state index contributed by atoms with van der Waals surface area (Å²) in [5.41, 5.74) is 2.24. The first kappa shape index (κ1) is 17.4. The number of halogens is 1. The predicted octanol–water partition coefficient (Wildman–Crippen LogP) is 4.37. The Labute approximate surface area is 151 Å². The average Bonchev–Trinajstić information content (AvgIpc) is 2.96. The Morgan fingerprint density at radius 2 is 2.08 bits per heavy atom. The van der Waals surface area contributed by atoms with E-state index in [0.29, 0.717) is 29.7 Å². The highest BCUT2D eigenvalue weighted by atomic mass is 35.5. The highest BCUT2D eigenvalue weighted by molar-refractivity contribution is 6.30. The molecule has 2 aromatic heterocycles. The van der Waals surface area contributed by atoms with Gasteiger partial charge in [-0.3, -0.25) is 4.79 Å². The van der Waals surface area contributed by atoms with Crippen LogP contribution in [0.1, 0.15) is 36.7 Å². The highest BCUT2D eigenvalue weighted by Gasteiger charge is 2.12. The summed E-state index contributed by atoms with van der Waals surface area (Å²) in [6.45, 7) is 6.86. The van der Waals surface area contributed by atoms with E-state index < -0.39 is 0 Å². The van der Waals surface area contributed by atoms with Crippen LogP contribution >= 0.6 is 11.6 Å². The summed E-state index contributed by atoms with van der Waals surface area (Å²) < 4.78 is 7.69. The van der Waals surface area contributed by atoms with Crippen molar-refractivity contribution in [1.29, 1.82) is 0 Å². The molecule has 0 fully saturated rings. The van der Waals surface area contributed by atoms with Crippen molar-refractivity contribution in [3.8, 4) is 5.75 Å². The molecular formula is C19H20ClN3O2. The Kier molecular flexibility index (Phi) is 5.04. The fourth-order valence-electron chi connectivity index (χ4n) is 2.51. The van der Waals surface area contributed by atoms with Gasteiger partial charge in [-0.15, -0.1) is 0 Å². The molecule has 0 bridgehead atoms. The minimum Gasteiger partial charge on any atom is -0.493 e. The Hall–Kier alpha value is -2.40. The van der Waals surface area contributed by atoms with Gasteiger partial charge >= 0.3 is 0 Å². The molecule has 0 aliphatic carbocycles. The first-order valence-corrected chi connectivity index (χ1v) is 8.55. The molecule has 0 aliphatic rings. The van der Waals surface area contributed by atoms with Crippen LogP contribution in [0.3, 0.4) is 0 Å². The zero-order valence-electron chi connectivity index (χ0n) is 14.5. The van der Waals surface area contributed by atoms with E-state index in [2.05, 4.69) is 23.9 Å². The second kappa shape index (κ2) is 7.23. The highest BCUT2D eigenvalue weighted by Crippen LogP contribution is 2.25. The van der Waals surface area contributed by atoms with E-state index in [-0.39, 0.29) is 5.78 Å². The smallest absolute Gasteiger partial charge is 0.161 e. The molecule has 0 spiro atoms. The summed E-state index contributed by atoms with van der Waals surface area (Å²) in [5.74, 6) is 1.21. The van der Waals surface area contributed by atoms with Gasteiger partial charge in [0.2, 0.25) is 0 Å². The number of hydrogen-bond donors (Lipinski definition) is 0. The molecular weight excluding hydrogens is 338 g/mol. The maximum Gasteiger partial charge on any atom is 0.161 e. The number of ether oxygens (including phenoxy) is 1. The summed E-state index contributed by atoms with van der Waals surface area (Å²) in [5, 5.41) is 5.88. The quantitative estimate of drug-likeness (QED) is 0.614. The van der Waals surface area contributed by atoms with E-state index in [4.69, 9.17) is 16.3 Å². The van der Waals surface area contributed by atoms with Gasteiger partial charge in [0, 0.05) is 27.7 Å². The second-order valence-electron chi connectivity index (χ2n) is 6.45. The van der Waals surface area contributed by atoms with E-state index in [9.17, 15) is 4.79 Å². The van der Waals surface area contributed by atoms with Crippen molar-refractivity contribution in [2.24, 2.45) is 5.92 Å². The number of benzene rings is 1. The van der Waals surface area contributed by atoms with Crippen LogP contribution in [0.4, 0.5) is 0 Å². The fourth-order valence-corrected chi connectivity index (χ4v) is 2.70. The molecule has 0 radical (unpaired) electrons. The van der Waals surface area contributed by atoms with Crippen molar-refractivity contribution in [3.63, 3.8) is 0 Å². The van der Waals surface area contributed by atoms with E-state index >= 15 is 0 Å². The largest absolute Gasteiger partial charge is 0.493 e. The van der Waals surface area contributed by atoms with Gasteiger partial charge in [-0.05, 0) is 37.1 Å². The van der Waals surface area contributed by atoms with Crippen molar-refractivity contribution in [2.45, 2.75) is 27.3 Å². The molecule has 25 heavy (non-hydrogen) atoms. The van der Waals surface area contributed by atoms with Crippen molar-refractivity contribution in [2.75, 3.05) is 6.61 Å². The minimum absolute atomic E-state index is 0.0126. The number of Topliss-reactive ketones (excluding diaryl/α,β-unsaturated/α-hetero) is 1. The molecule has 0 saturated heterocycles. The lowest BCUT2D eigenvalue weighted by Gasteiger charge is -2.14. The lowest BCUT2D eigenvalue weighted by Crippen LogP contribution is -2.09. The topological polar surface area (TPSA) is 57.0 Å². The minimum atomic E-state index is -0.0126. The number of rotatable bonds is 6. The predicted molar refractivity (Wildman–Crippen MR) is 98.4 cm³/mol. The monoisotopic (exact) mass is 357 g/mol. The first-order chi connectivity index (χ1) is 11.9. The Bertz CT molecular complexity index is 918. The Morgan fingerprint density at radius 1 is 1.28 bits per heavy atom. The van der Waals surface area contributed by atoms with Crippen LogP contribution in [0.25, 0.3) is 11.0 Å². The van der Waals surface area contributed by atoms with Crippen molar-refractivity contribution < 1.29 is 9.53 Å². The molecule has 3 aromatic rings. The number of nitrogens with zero attached hydrogens (tertiary/aromatic N) is 3. The van der Waals surface area contributed by atoms with Crippen LogP contribution in [0.2, 0.25) is 5.02 Å². The third-order valence-corrected chi connectivity index (χ3v) is 4.03. The van der Waals surface area contributed by atoms with E-state index in [1.165, 1.54) is 6.92 Å². The lowest BCUT2D eigenvalue weighted by atomic mass is 10.2. The fraction of sp³-hybridized carbons (Fsp3) is 0.316. The molecule has 6 heteroatoms. The van der Waals surface area contributed by atoms with Gasteiger partial charge in [0.15, 0.2) is 11.4 Å². The van der Waals surface area contributed by atoms with Crippen LogP contribution in [0.15, 0.2) is 36.7 Å². The number of hydrogen-bond acceptors (Lipinski definition) is 4. The average molecular weight is 358 g/mol. The number of fused-ring (bicyclic) bond motifs is 1. The van der Waals surface area contributed by atoms with Gasteiger partial charge in [-0.2, -0.15) is 5.10 Å². The Morgan fingerprint density at radius 3 is 2.80 bits per heavy atom.